The maximum absolute atomic E-state index is 5.09. The molecule has 0 aliphatic heterocycles. The Hall–Kier alpha value is -3.52. The Labute approximate surface area is 202 Å². The number of pyridine rings is 2. The van der Waals surface area contributed by atoms with Gasteiger partial charge in [0.25, 0.3) is 0 Å². The average molecular weight is 445 g/mol. The molecule has 0 atom stereocenters. The summed E-state index contributed by atoms with van der Waals surface area (Å²) in [7, 11) is 0. The second-order valence-electron chi connectivity index (χ2n) is 9.20. The van der Waals surface area contributed by atoms with Crippen LogP contribution < -0.4 is 0 Å². The molecule has 5 rings (SSSR count). The van der Waals surface area contributed by atoms with Crippen molar-refractivity contribution in [2.75, 3.05) is 0 Å². The van der Waals surface area contributed by atoms with E-state index >= 15 is 0 Å². The van der Waals surface area contributed by atoms with Crippen LogP contribution >= 0.6 is 0 Å². The van der Waals surface area contributed by atoms with Gasteiger partial charge in [-0.2, -0.15) is 0 Å². The SMILES string of the molecule is CCCCc1ccc(-c2ccc3ccc4ccc(-c5ccc(CCCC)cc5)nc4c3n2)cc1. The van der Waals surface area contributed by atoms with Gasteiger partial charge in [0, 0.05) is 21.9 Å². The largest absolute Gasteiger partial charge is 0.245 e. The molecular formula is C32H32N2. The maximum atomic E-state index is 5.09. The Morgan fingerprint density at radius 2 is 0.853 bits per heavy atom. The number of aryl methyl sites for hydroxylation is 2. The minimum Gasteiger partial charge on any atom is -0.245 e. The lowest BCUT2D eigenvalue weighted by Crippen LogP contribution is -1.92. The first-order valence-corrected chi connectivity index (χ1v) is 12.6. The fourth-order valence-electron chi connectivity index (χ4n) is 4.54. The van der Waals surface area contributed by atoms with Gasteiger partial charge in [0.15, 0.2) is 0 Å². The van der Waals surface area contributed by atoms with Crippen LogP contribution in [0, 0.1) is 0 Å². The zero-order valence-corrected chi connectivity index (χ0v) is 20.2. The third kappa shape index (κ3) is 4.72. The molecule has 2 heterocycles. The van der Waals surface area contributed by atoms with E-state index in [9.17, 15) is 0 Å². The second kappa shape index (κ2) is 10.2. The van der Waals surface area contributed by atoms with Crippen molar-refractivity contribution in [2.24, 2.45) is 0 Å². The summed E-state index contributed by atoms with van der Waals surface area (Å²) in [6.45, 7) is 4.47. The molecular weight excluding hydrogens is 412 g/mol. The van der Waals surface area contributed by atoms with Gasteiger partial charge in [0.1, 0.15) is 0 Å². The summed E-state index contributed by atoms with van der Waals surface area (Å²) in [4.78, 5) is 10.2. The molecule has 0 fully saturated rings. The van der Waals surface area contributed by atoms with Crippen molar-refractivity contribution in [2.45, 2.75) is 52.4 Å². The van der Waals surface area contributed by atoms with Crippen LogP contribution in [0.25, 0.3) is 44.3 Å². The van der Waals surface area contributed by atoms with Crippen molar-refractivity contribution in [3.05, 3.63) is 96.1 Å². The number of fused-ring (bicyclic) bond motifs is 3. The summed E-state index contributed by atoms with van der Waals surface area (Å²) in [6.07, 6.45) is 7.18. The molecule has 0 saturated carbocycles. The van der Waals surface area contributed by atoms with Gasteiger partial charge in [-0.15, -0.1) is 0 Å². The Kier molecular flexibility index (Phi) is 6.67. The molecule has 2 aromatic heterocycles. The normalized spacial score (nSPS) is 11.4. The molecule has 5 aromatic rings. The van der Waals surface area contributed by atoms with Gasteiger partial charge in [-0.05, 0) is 48.9 Å². The van der Waals surface area contributed by atoms with Crippen LogP contribution in [-0.2, 0) is 12.8 Å². The Balaban J connectivity index is 1.52. The molecule has 0 unspecified atom stereocenters. The first kappa shape index (κ1) is 22.3. The van der Waals surface area contributed by atoms with E-state index in [2.05, 4.69) is 98.8 Å². The third-order valence-electron chi connectivity index (χ3n) is 6.66. The van der Waals surface area contributed by atoms with E-state index in [4.69, 9.17) is 9.97 Å². The van der Waals surface area contributed by atoms with E-state index in [1.807, 2.05) is 0 Å². The highest BCUT2D eigenvalue weighted by Gasteiger charge is 2.09. The summed E-state index contributed by atoms with van der Waals surface area (Å²) in [5.41, 5.74) is 9.01. The van der Waals surface area contributed by atoms with Crippen LogP contribution in [-0.4, -0.2) is 9.97 Å². The molecule has 0 radical (unpaired) electrons. The number of nitrogens with zero attached hydrogens (tertiary/aromatic N) is 2. The number of benzene rings is 3. The van der Waals surface area contributed by atoms with E-state index in [0.29, 0.717) is 0 Å². The summed E-state index contributed by atoms with van der Waals surface area (Å²) in [5.74, 6) is 0. The summed E-state index contributed by atoms with van der Waals surface area (Å²) < 4.78 is 0. The van der Waals surface area contributed by atoms with Gasteiger partial charge in [0.2, 0.25) is 0 Å². The second-order valence-corrected chi connectivity index (χ2v) is 9.20. The van der Waals surface area contributed by atoms with Crippen molar-refractivity contribution in [1.29, 1.82) is 0 Å². The first-order valence-electron chi connectivity index (χ1n) is 12.6. The number of hydrogen-bond donors (Lipinski definition) is 0. The molecule has 0 bridgehead atoms. The highest BCUT2D eigenvalue weighted by atomic mass is 14.8. The van der Waals surface area contributed by atoms with Crippen LogP contribution in [0.15, 0.2) is 84.9 Å². The lowest BCUT2D eigenvalue weighted by Gasteiger charge is -2.09. The molecule has 0 saturated heterocycles. The molecule has 2 heteroatoms. The Morgan fingerprint density at radius 1 is 0.471 bits per heavy atom. The van der Waals surface area contributed by atoms with E-state index in [1.165, 1.54) is 36.8 Å². The van der Waals surface area contributed by atoms with E-state index in [-0.39, 0.29) is 0 Å². The van der Waals surface area contributed by atoms with Gasteiger partial charge in [-0.25, -0.2) is 9.97 Å². The standard InChI is InChI=1S/C32H32N2/c1-3-5-7-23-9-13-25(14-10-23)29-21-19-27-17-18-28-20-22-30(34-32(28)31(27)33-29)26-15-11-24(12-16-26)8-6-4-2/h9-22H,3-8H2,1-2H3. The van der Waals surface area contributed by atoms with Crippen molar-refractivity contribution in [1.82, 2.24) is 9.97 Å². The highest BCUT2D eigenvalue weighted by Crippen LogP contribution is 2.29. The zero-order valence-electron chi connectivity index (χ0n) is 20.2. The van der Waals surface area contributed by atoms with Crippen LogP contribution in [0.4, 0.5) is 0 Å². The van der Waals surface area contributed by atoms with Gasteiger partial charge >= 0.3 is 0 Å². The molecule has 0 spiro atoms. The van der Waals surface area contributed by atoms with Crippen LogP contribution in [0.2, 0.25) is 0 Å². The number of hydrogen-bond acceptors (Lipinski definition) is 2. The van der Waals surface area contributed by atoms with Crippen LogP contribution in [0.3, 0.4) is 0 Å². The van der Waals surface area contributed by atoms with Crippen molar-refractivity contribution >= 4 is 21.8 Å². The summed E-state index contributed by atoms with van der Waals surface area (Å²) >= 11 is 0. The fraction of sp³-hybridized carbons (Fsp3) is 0.250. The number of unbranched alkanes of at least 4 members (excludes halogenated alkanes) is 2. The summed E-state index contributed by atoms with van der Waals surface area (Å²) in [5, 5.41) is 2.24. The predicted octanol–water partition coefficient (Wildman–Crippen LogP) is 8.80. The molecule has 0 N–H and O–H groups in total. The van der Waals surface area contributed by atoms with Gasteiger partial charge in [0.05, 0.1) is 22.4 Å². The van der Waals surface area contributed by atoms with Crippen LogP contribution in [0.5, 0.6) is 0 Å². The number of aromatic nitrogens is 2. The smallest absolute Gasteiger partial charge is 0.0972 e. The minimum absolute atomic E-state index is 0.964. The molecule has 2 nitrogen and oxygen atoms in total. The minimum atomic E-state index is 0.964. The quantitative estimate of drug-likeness (QED) is 0.223. The summed E-state index contributed by atoms with van der Waals surface area (Å²) in [6, 6.07) is 30.6. The Bertz CT molecular complexity index is 1290. The van der Waals surface area contributed by atoms with Gasteiger partial charge in [-0.1, -0.05) is 99.5 Å². The van der Waals surface area contributed by atoms with Gasteiger partial charge in [-0.3, -0.25) is 0 Å². The van der Waals surface area contributed by atoms with Gasteiger partial charge < -0.3 is 0 Å². The molecule has 0 amide bonds. The molecule has 0 aliphatic rings. The lowest BCUT2D eigenvalue weighted by molar-refractivity contribution is 0.795. The van der Waals surface area contributed by atoms with Crippen molar-refractivity contribution in [3.63, 3.8) is 0 Å². The average Bonchev–Trinajstić information content (AvgIpc) is 2.90. The lowest BCUT2D eigenvalue weighted by atomic mass is 10.0. The predicted molar refractivity (Wildman–Crippen MR) is 145 cm³/mol. The maximum Gasteiger partial charge on any atom is 0.0972 e. The van der Waals surface area contributed by atoms with E-state index in [0.717, 1.165) is 57.2 Å². The third-order valence-corrected chi connectivity index (χ3v) is 6.66. The molecule has 3 aromatic carbocycles. The fourth-order valence-corrected chi connectivity index (χ4v) is 4.54. The monoisotopic (exact) mass is 444 g/mol. The molecule has 0 aliphatic carbocycles. The number of rotatable bonds is 8. The zero-order chi connectivity index (χ0) is 23.3. The van der Waals surface area contributed by atoms with Crippen LogP contribution in [0.1, 0.15) is 50.7 Å². The topological polar surface area (TPSA) is 25.8 Å². The Morgan fingerprint density at radius 3 is 1.24 bits per heavy atom. The highest BCUT2D eigenvalue weighted by molar-refractivity contribution is 6.04. The molecule has 34 heavy (non-hydrogen) atoms. The van der Waals surface area contributed by atoms with E-state index in [1.54, 1.807) is 0 Å². The van der Waals surface area contributed by atoms with Crippen molar-refractivity contribution in [3.8, 4) is 22.5 Å². The van der Waals surface area contributed by atoms with Crippen molar-refractivity contribution < 1.29 is 0 Å². The molecule has 170 valence electrons. The first-order chi connectivity index (χ1) is 16.7. The van der Waals surface area contributed by atoms with E-state index < -0.39 is 0 Å².